The summed E-state index contributed by atoms with van der Waals surface area (Å²) in [5, 5.41) is 0. The second-order valence-corrected chi connectivity index (χ2v) is 4.56. The fourth-order valence-corrected chi connectivity index (χ4v) is 1.81. The van der Waals surface area contributed by atoms with Gasteiger partial charge in [0.15, 0.2) is 0 Å². The molecule has 0 atom stereocenters. The summed E-state index contributed by atoms with van der Waals surface area (Å²) in [6.07, 6.45) is 3.84. The van der Waals surface area contributed by atoms with E-state index < -0.39 is 0 Å². The van der Waals surface area contributed by atoms with Crippen LogP contribution in [0.3, 0.4) is 0 Å². The van der Waals surface area contributed by atoms with Gasteiger partial charge in [-0.3, -0.25) is 0 Å². The van der Waals surface area contributed by atoms with Crippen molar-refractivity contribution in [3.63, 3.8) is 0 Å². The van der Waals surface area contributed by atoms with E-state index in [1.165, 1.54) is 5.56 Å². The van der Waals surface area contributed by atoms with E-state index in [-0.39, 0.29) is 11.9 Å². The molecule has 0 heterocycles. The van der Waals surface area contributed by atoms with Gasteiger partial charge in [0.2, 0.25) is 0 Å². The van der Waals surface area contributed by atoms with Gasteiger partial charge < -0.3 is 4.74 Å². The van der Waals surface area contributed by atoms with Crippen molar-refractivity contribution in [3.05, 3.63) is 47.5 Å². The Kier molecular flexibility index (Phi) is 6.20. The van der Waals surface area contributed by atoms with Crippen LogP contribution in [0.4, 0.5) is 0 Å². The molecular formula is C16H22O2. The van der Waals surface area contributed by atoms with Gasteiger partial charge >= 0.3 is 5.97 Å². The molecule has 1 aromatic carbocycles. The summed E-state index contributed by atoms with van der Waals surface area (Å²) in [5.74, 6) is 0.0281. The van der Waals surface area contributed by atoms with Crippen molar-refractivity contribution >= 4 is 5.97 Å². The second-order valence-electron chi connectivity index (χ2n) is 4.56. The topological polar surface area (TPSA) is 26.3 Å². The van der Waals surface area contributed by atoms with Gasteiger partial charge in [0, 0.05) is 5.57 Å². The molecule has 0 aliphatic carbocycles. The van der Waals surface area contributed by atoms with Crippen LogP contribution in [0.15, 0.2) is 42.0 Å². The third-order valence-electron chi connectivity index (χ3n) is 2.77. The lowest BCUT2D eigenvalue weighted by molar-refractivity contribution is -0.139. The van der Waals surface area contributed by atoms with Crippen LogP contribution in [0, 0.1) is 5.92 Å². The van der Waals surface area contributed by atoms with Crippen LogP contribution in [0.5, 0.6) is 0 Å². The summed E-state index contributed by atoms with van der Waals surface area (Å²) in [5.41, 5.74) is 2.08. The number of hydrogen-bond acceptors (Lipinski definition) is 2. The first-order valence-electron chi connectivity index (χ1n) is 6.56. The van der Waals surface area contributed by atoms with Gasteiger partial charge in [0.05, 0.1) is 6.61 Å². The Morgan fingerprint density at radius 3 is 2.50 bits per heavy atom. The first kappa shape index (κ1) is 14.5. The van der Waals surface area contributed by atoms with Crippen LogP contribution in [0.1, 0.15) is 32.8 Å². The molecule has 0 saturated carbocycles. The summed E-state index contributed by atoms with van der Waals surface area (Å²) < 4.78 is 5.06. The molecule has 1 aromatic rings. The third-order valence-corrected chi connectivity index (χ3v) is 2.77. The van der Waals surface area contributed by atoms with Gasteiger partial charge in [-0.15, -0.1) is 0 Å². The quantitative estimate of drug-likeness (QED) is 0.564. The van der Waals surface area contributed by atoms with E-state index in [0.29, 0.717) is 6.61 Å². The lowest BCUT2D eigenvalue weighted by atomic mass is 10.0. The number of aryl methyl sites for hydroxylation is 1. The maximum atomic E-state index is 11.7. The number of esters is 1. The van der Waals surface area contributed by atoms with Gasteiger partial charge in [0.1, 0.15) is 0 Å². The summed E-state index contributed by atoms with van der Waals surface area (Å²) in [6.45, 7) is 6.30. The SMILES string of the molecule is CCOC(=O)/C(=C/CCc1ccccc1)C(C)C. The zero-order valence-electron chi connectivity index (χ0n) is 11.5. The van der Waals surface area contributed by atoms with E-state index in [9.17, 15) is 4.79 Å². The summed E-state index contributed by atoms with van der Waals surface area (Å²) >= 11 is 0. The van der Waals surface area contributed by atoms with E-state index in [4.69, 9.17) is 4.74 Å². The number of benzene rings is 1. The number of carbonyl (C=O) groups excluding carboxylic acids is 1. The molecule has 0 aromatic heterocycles. The maximum Gasteiger partial charge on any atom is 0.333 e. The highest BCUT2D eigenvalue weighted by Crippen LogP contribution is 2.14. The Hall–Kier alpha value is -1.57. The maximum absolute atomic E-state index is 11.7. The highest BCUT2D eigenvalue weighted by atomic mass is 16.5. The zero-order valence-corrected chi connectivity index (χ0v) is 11.5. The van der Waals surface area contributed by atoms with Crippen molar-refractivity contribution in [2.75, 3.05) is 6.61 Å². The van der Waals surface area contributed by atoms with Gasteiger partial charge in [0.25, 0.3) is 0 Å². The number of hydrogen-bond donors (Lipinski definition) is 0. The highest BCUT2D eigenvalue weighted by molar-refractivity contribution is 5.88. The normalized spacial score (nSPS) is 11.7. The van der Waals surface area contributed by atoms with E-state index >= 15 is 0 Å². The van der Waals surface area contributed by atoms with Gasteiger partial charge in [-0.2, -0.15) is 0 Å². The van der Waals surface area contributed by atoms with Gasteiger partial charge in [-0.25, -0.2) is 4.79 Å². The predicted octanol–water partition coefficient (Wildman–Crippen LogP) is 3.76. The summed E-state index contributed by atoms with van der Waals surface area (Å²) in [6, 6.07) is 10.3. The monoisotopic (exact) mass is 246 g/mol. The molecule has 98 valence electrons. The molecule has 0 N–H and O–H groups in total. The molecule has 0 radical (unpaired) electrons. The van der Waals surface area contributed by atoms with Crippen molar-refractivity contribution in [3.8, 4) is 0 Å². The Morgan fingerprint density at radius 2 is 1.94 bits per heavy atom. The summed E-state index contributed by atoms with van der Waals surface area (Å²) in [4.78, 5) is 11.7. The molecule has 2 heteroatoms. The molecular weight excluding hydrogens is 224 g/mol. The Bertz CT molecular complexity index is 391. The largest absolute Gasteiger partial charge is 0.463 e. The predicted molar refractivity (Wildman–Crippen MR) is 74.3 cm³/mol. The molecule has 0 aliphatic heterocycles. The fraction of sp³-hybridized carbons (Fsp3) is 0.438. The molecule has 0 unspecified atom stereocenters. The van der Waals surface area contributed by atoms with Crippen LogP contribution in [-0.2, 0) is 16.0 Å². The van der Waals surface area contributed by atoms with E-state index in [2.05, 4.69) is 12.1 Å². The van der Waals surface area contributed by atoms with Crippen molar-refractivity contribution in [1.82, 2.24) is 0 Å². The average molecular weight is 246 g/mol. The standard InChI is InChI=1S/C16H22O2/c1-4-18-16(17)15(13(2)3)12-8-11-14-9-6-5-7-10-14/h5-7,9-10,12-13H,4,8,11H2,1-3H3/b15-12+. The fourth-order valence-electron chi connectivity index (χ4n) is 1.81. The first-order chi connectivity index (χ1) is 8.65. The third kappa shape index (κ3) is 4.74. The molecule has 1 rings (SSSR count). The van der Waals surface area contributed by atoms with Crippen LogP contribution in [0.2, 0.25) is 0 Å². The van der Waals surface area contributed by atoms with E-state index in [1.807, 2.05) is 45.0 Å². The van der Waals surface area contributed by atoms with E-state index in [0.717, 1.165) is 18.4 Å². The molecule has 0 spiro atoms. The molecule has 0 saturated heterocycles. The van der Waals surface area contributed by atoms with Crippen molar-refractivity contribution in [2.45, 2.75) is 33.6 Å². The van der Waals surface area contributed by atoms with Crippen LogP contribution < -0.4 is 0 Å². The minimum absolute atomic E-state index is 0.180. The molecule has 0 bridgehead atoms. The number of allylic oxidation sites excluding steroid dienone is 1. The van der Waals surface area contributed by atoms with Crippen LogP contribution >= 0.6 is 0 Å². The first-order valence-corrected chi connectivity index (χ1v) is 6.56. The minimum atomic E-state index is -0.180. The zero-order chi connectivity index (χ0) is 13.4. The van der Waals surface area contributed by atoms with Crippen molar-refractivity contribution < 1.29 is 9.53 Å². The Morgan fingerprint density at radius 1 is 1.28 bits per heavy atom. The highest BCUT2D eigenvalue weighted by Gasteiger charge is 2.13. The Labute approximate surface area is 110 Å². The molecule has 2 nitrogen and oxygen atoms in total. The number of ether oxygens (including phenoxy) is 1. The molecule has 0 fully saturated rings. The van der Waals surface area contributed by atoms with E-state index in [1.54, 1.807) is 0 Å². The van der Waals surface area contributed by atoms with Gasteiger partial charge in [-0.05, 0) is 31.2 Å². The molecule has 0 amide bonds. The number of rotatable bonds is 6. The average Bonchev–Trinajstić information content (AvgIpc) is 2.35. The molecule has 18 heavy (non-hydrogen) atoms. The smallest absolute Gasteiger partial charge is 0.333 e. The van der Waals surface area contributed by atoms with Gasteiger partial charge in [-0.1, -0.05) is 50.3 Å². The number of carbonyl (C=O) groups is 1. The second kappa shape index (κ2) is 7.70. The lowest BCUT2D eigenvalue weighted by Crippen LogP contribution is -2.12. The van der Waals surface area contributed by atoms with Crippen LogP contribution in [0.25, 0.3) is 0 Å². The molecule has 0 aliphatic rings. The lowest BCUT2D eigenvalue weighted by Gasteiger charge is -2.10. The van der Waals surface area contributed by atoms with Crippen LogP contribution in [-0.4, -0.2) is 12.6 Å². The Balaban J connectivity index is 2.58. The van der Waals surface area contributed by atoms with Crippen molar-refractivity contribution in [1.29, 1.82) is 0 Å². The van der Waals surface area contributed by atoms with Crippen molar-refractivity contribution in [2.24, 2.45) is 5.92 Å². The summed E-state index contributed by atoms with van der Waals surface area (Å²) in [7, 11) is 0. The minimum Gasteiger partial charge on any atom is -0.463 e.